The number of nitrogens with one attached hydrogen (secondary N) is 1. The zero-order chi connectivity index (χ0) is 15.4. The van der Waals surface area contributed by atoms with E-state index in [9.17, 15) is 4.79 Å². The first kappa shape index (κ1) is 15.7. The van der Waals surface area contributed by atoms with Gasteiger partial charge in [0.15, 0.2) is 0 Å². The Morgan fingerprint density at radius 2 is 2.33 bits per heavy atom. The minimum Gasteiger partial charge on any atom is -0.397 e. The van der Waals surface area contributed by atoms with E-state index in [4.69, 9.17) is 5.73 Å². The zero-order valence-corrected chi connectivity index (χ0v) is 13.5. The van der Waals surface area contributed by atoms with E-state index in [1.54, 1.807) is 6.20 Å². The smallest absolute Gasteiger partial charge is 0.263 e. The molecule has 0 bridgehead atoms. The largest absolute Gasteiger partial charge is 0.397 e. The number of pyridine rings is 1. The molecule has 2 aromatic rings. The second kappa shape index (κ2) is 6.87. The topological polar surface area (TPSA) is 71.2 Å². The summed E-state index contributed by atoms with van der Waals surface area (Å²) in [5, 5.41) is 3.78. The Balaban J connectivity index is 1.98. The third kappa shape index (κ3) is 3.51. The van der Waals surface area contributed by atoms with Gasteiger partial charge in [-0.25, -0.2) is 4.98 Å². The van der Waals surface area contributed by atoms with Crippen LogP contribution in [0.1, 0.15) is 29.9 Å². The minimum absolute atomic E-state index is 0.118. The molecule has 6 heteroatoms. The van der Waals surface area contributed by atoms with Crippen LogP contribution in [0.25, 0.3) is 10.2 Å². The Labute approximate surface area is 129 Å². The van der Waals surface area contributed by atoms with Gasteiger partial charge in [0.2, 0.25) is 0 Å². The third-order valence-corrected chi connectivity index (χ3v) is 4.93. The number of likely N-dealkylation sites (N-methyl/N-ethyl adjacent to an activating group) is 1. The summed E-state index contributed by atoms with van der Waals surface area (Å²) in [5.41, 5.74) is 6.56. The van der Waals surface area contributed by atoms with Gasteiger partial charge in [-0.1, -0.05) is 6.92 Å². The highest BCUT2D eigenvalue weighted by Gasteiger charge is 2.16. The predicted molar refractivity (Wildman–Crippen MR) is 88.7 cm³/mol. The Kier molecular flexibility index (Phi) is 5.14. The third-order valence-electron chi connectivity index (χ3n) is 3.80. The van der Waals surface area contributed by atoms with E-state index < -0.39 is 0 Å². The lowest BCUT2D eigenvalue weighted by molar-refractivity contribution is 0.0952. The van der Waals surface area contributed by atoms with Crippen molar-refractivity contribution in [2.24, 2.45) is 0 Å². The molecular formula is C15H22N4OS. The highest BCUT2D eigenvalue weighted by Crippen LogP contribution is 2.31. The van der Waals surface area contributed by atoms with Crippen molar-refractivity contribution in [2.75, 3.05) is 25.9 Å². The van der Waals surface area contributed by atoms with Crippen molar-refractivity contribution in [3.63, 3.8) is 0 Å². The standard InChI is InChI=1S/C15H22N4OS/c1-4-10(2)19(3)9-8-17-14(20)13-12(16)11-6-5-7-18-15(11)21-13/h5-7,10H,4,8-9,16H2,1-3H3,(H,17,20). The number of nitrogen functional groups attached to an aromatic ring is 1. The average Bonchev–Trinajstić information content (AvgIpc) is 2.84. The number of nitrogens with zero attached hydrogens (tertiary/aromatic N) is 2. The molecule has 0 saturated heterocycles. The number of aromatic nitrogens is 1. The van der Waals surface area contributed by atoms with Gasteiger partial charge >= 0.3 is 0 Å². The molecular weight excluding hydrogens is 284 g/mol. The van der Waals surface area contributed by atoms with Gasteiger partial charge in [-0.2, -0.15) is 0 Å². The number of hydrogen-bond acceptors (Lipinski definition) is 5. The van der Waals surface area contributed by atoms with Crippen LogP contribution in [0.3, 0.4) is 0 Å². The van der Waals surface area contributed by atoms with Crippen LogP contribution in [0.5, 0.6) is 0 Å². The van der Waals surface area contributed by atoms with E-state index in [1.165, 1.54) is 11.3 Å². The Hall–Kier alpha value is -1.66. The Morgan fingerprint density at radius 3 is 3.00 bits per heavy atom. The lowest BCUT2D eigenvalue weighted by Crippen LogP contribution is -2.37. The predicted octanol–water partition coefficient (Wildman–Crippen LogP) is 2.34. The fourth-order valence-corrected chi connectivity index (χ4v) is 3.06. The summed E-state index contributed by atoms with van der Waals surface area (Å²) in [6, 6.07) is 4.23. The number of rotatable bonds is 6. The van der Waals surface area contributed by atoms with E-state index in [0.29, 0.717) is 23.2 Å². The van der Waals surface area contributed by atoms with Crippen molar-refractivity contribution < 1.29 is 4.79 Å². The molecule has 0 aliphatic rings. The molecule has 1 atom stereocenters. The number of carbonyl (C=O) groups is 1. The van der Waals surface area contributed by atoms with E-state index in [1.807, 2.05) is 12.1 Å². The molecule has 2 heterocycles. The van der Waals surface area contributed by atoms with E-state index in [2.05, 4.69) is 36.1 Å². The molecule has 0 aliphatic heterocycles. The number of hydrogen-bond donors (Lipinski definition) is 2. The van der Waals surface area contributed by atoms with Gasteiger partial charge in [-0.05, 0) is 32.5 Å². The first-order valence-electron chi connectivity index (χ1n) is 7.16. The second-order valence-electron chi connectivity index (χ2n) is 5.19. The lowest BCUT2D eigenvalue weighted by atomic mass is 10.2. The van der Waals surface area contributed by atoms with Gasteiger partial charge in [0.1, 0.15) is 9.71 Å². The number of nitrogens with two attached hydrogens (primary N) is 1. The van der Waals surface area contributed by atoms with Gasteiger partial charge in [-0.3, -0.25) is 4.79 Å². The average molecular weight is 306 g/mol. The number of anilines is 1. The molecule has 21 heavy (non-hydrogen) atoms. The number of fused-ring (bicyclic) bond motifs is 1. The van der Waals surface area contributed by atoms with Gasteiger partial charge in [-0.15, -0.1) is 11.3 Å². The second-order valence-corrected chi connectivity index (χ2v) is 6.19. The Morgan fingerprint density at radius 1 is 1.57 bits per heavy atom. The summed E-state index contributed by atoms with van der Waals surface area (Å²) in [5.74, 6) is -0.118. The monoisotopic (exact) mass is 306 g/mol. The molecule has 1 amide bonds. The summed E-state index contributed by atoms with van der Waals surface area (Å²) in [6.07, 6.45) is 2.81. The lowest BCUT2D eigenvalue weighted by Gasteiger charge is -2.23. The fraction of sp³-hybridized carbons (Fsp3) is 0.467. The maximum Gasteiger partial charge on any atom is 0.263 e. The SMILES string of the molecule is CCC(C)N(C)CCNC(=O)c1sc2ncccc2c1N. The zero-order valence-electron chi connectivity index (χ0n) is 12.7. The molecule has 0 saturated carbocycles. The highest BCUT2D eigenvalue weighted by atomic mass is 32.1. The van der Waals surface area contributed by atoms with Gasteiger partial charge < -0.3 is 16.0 Å². The molecule has 0 aliphatic carbocycles. The molecule has 0 aromatic carbocycles. The van der Waals surface area contributed by atoms with E-state index in [0.717, 1.165) is 23.2 Å². The van der Waals surface area contributed by atoms with Crippen LogP contribution in [0.4, 0.5) is 5.69 Å². The summed E-state index contributed by atoms with van der Waals surface area (Å²) in [6.45, 7) is 5.77. The fourth-order valence-electron chi connectivity index (χ4n) is 2.08. The van der Waals surface area contributed by atoms with Crippen LogP contribution in [-0.4, -0.2) is 42.0 Å². The minimum atomic E-state index is -0.118. The van der Waals surface area contributed by atoms with Crippen molar-refractivity contribution in [1.29, 1.82) is 0 Å². The molecule has 0 fully saturated rings. The summed E-state index contributed by atoms with van der Waals surface area (Å²) in [7, 11) is 2.07. The van der Waals surface area contributed by atoms with Crippen molar-refractivity contribution in [3.8, 4) is 0 Å². The first-order valence-corrected chi connectivity index (χ1v) is 7.97. The highest BCUT2D eigenvalue weighted by molar-refractivity contribution is 7.21. The van der Waals surface area contributed by atoms with Crippen molar-refractivity contribution in [3.05, 3.63) is 23.2 Å². The molecule has 2 rings (SSSR count). The van der Waals surface area contributed by atoms with Crippen LogP contribution in [-0.2, 0) is 0 Å². The van der Waals surface area contributed by atoms with Gasteiger partial charge in [0.25, 0.3) is 5.91 Å². The quantitative estimate of drug-likeness (QED) is 0.859. The Bertz CT molecular complexity index is 625. The summed E-state index contributed by atoms with van der Waals surface area (Å²) >= 11 is 1.34. The molecule has 3 N–H and O–H groups in total. The van der Waals surface area contributed by atoms with E-state index in [-0.39, 0.29) is 5.91 Å². The molecule has 0 spiro atoms. The molecule has 5 nitrogen and oxygen atoms in total. The van der Waals surface area contributed by atoms with Crippen molar-refractivity contribution in [1.82, 2.24) is 15.2 Å². The van der Waals surface area contributed by atoms with Crippen LogP contribution in [0.15, 0.2) is 18.3 Å². The number of carbonyl (C=O) groups excluding carboxylic acids is 1. The maximum absolute atomic E-state index is 12.2. The first-order chi connectivity index (χ1) is 10.0. The van der Waals surface area contributed by atoms with Crippen LogP contribution in [0.2, 0.25) is 0 Å². The summed E-state index contributed by atoms with van der Waals surface area (Å²) in [4.78, 5) is 20.1. The van der Waals surface area contributed by atoms with E-state index >= 15 is 0 Å². The van der Waals surface area contributed by atoms with Crippen LogP contribution in [0, 0.1) is 0 Å². The van der Waals surface area contributed by atoms with Crippen molar-refractivity contribution >= 4 is 33.1 Å². The molecule has 114 valence electrons. The normalized spacial score (nSPS) is 12.8. The van der Waals surface area contributed by atoms with Crippen LogP contribution < -0.4 is 11.1 Å². The van der Waals surface area contributed by atoms with Gasteiger partial charge in [0, 0.05) is 30.7 Å². The number of amides is 1. The van der Waals surface area contributed by atoms with Crippen LogP contribution >= 0.6 is 11.3 Å². The maximum atomic E-state index is 12.2. The van der Waals surface area contributed by atoms with Crippen molar-refractivity contribution in [2.45, 2.75) is 26.3 Å². The molecule has 2 aromatic heterocycles. The number of thiophene rings is 1. The summed E-state index contributed by atoms with van der Waals surface area (Å²) < 4.78 is 0. The van der Waals surface area contributed by atoms with Gasteiger partial charge in [0.05, 0.1) is 5.69 Å². The molecule has 1 unspecified atom stereocenters. The molecule has 0 radical (unpaired) electrons.